The summed E-state index contributed by atoms with van der Waals surface area (Å²) in [6.07, 6.45) is 5.49. The summed E-state index contributed by atoms with van der Waals surface area (Å²) in [5.74, 6) is 0.177. The Hall–Kier alpha value is -1.55. The summed E-state index contributed by atoms with van der Waals surface area (Å²) in [5, 5.41) is 6.36. The van der Waals surface area contributed by atoms with Crippen molar-refractivity contribution in [3.05, 3.63) is 29.8 Å². The summed E-state index contributed by atoms with van der Waals surface area (Å²) in [7, 11) is 0. The molecular formula is C17H25N3O. The lowest BCUT2D eigenvalue weighted by Gasteiger charge is -2.23. The third-order valence-electron chi connectivity index (χ3n) is 4.51. The van der Waals surface area contributed by atoms with E-state index in [1.165, 1.54) is 17.7 Å². The molecule has 0 unspecified atom stereocenters. The molecule has 0 aromatic heterocycles. The summed E-state index contributed by atoms with van der Waals surface area (Å²) in [5.41, 5.74) is 2.82. The summed E-state index contributed by atoms with van der Waals surface area (Å²) in [6, 6.07) is 8.66. The average molecular weight is 287 g/mol. The number of nitrogens with one attached hydrogen (secondary N) is 2. The molecule has 114 valence electrons. The number of nitrogens with zero attached hydrogens (tertiary/aromatic N) is 1. The van der Waals surface area contributed by atoms with Gasteiger partial charge < -0.3 is 15.5 Å². The van der Waals surface area contributed by atoms with E-state index in [1.54, 1.807) is 0 Å². The lowest BCUT2D eigenvalue weighted by atomic mass is 10.0. The minimum Gasteiger partial charge on any atom is -0.371 e. The van der Waals surface area contributed by atoms with Crippen LogP contribution in [0.3, 0.4) is 0 Å². The maximum absolute atomic E-state index is 12.0. The SMILES string of the molecule is O=C(NCCCN1CCc2ccccc21)[C@@H]1CCCCN1. The lowest BCUT2D eigenvalue weighted by Crippen LogP contribution is -2.47. The number of anilines is 1. The van der Waals surface area contributed by atoms with Crippen LogP contribution >= 0.6 is 0 Å². The summed E-state index contributed by atoms with van der Waals surface area (Å²) in [4.78, 5) is 14.4. The monoisotopic (exact) mass is 287 g/mol. The van der Waals surface area contributed by atoms with Gasteiger partial charge in [0.15, 0.2) is 0 Å². The van der Waals surface area contributed by atoms with Crippen LogP contribution in [0.15, 0.2) is 24.3 Å². The molecule has 1 atom stereocenters. The van der Waals surface area contributed by atoms with Crippen molar-refractivity contribution in [1.82, 2.24) is 10.6 Å². The van der Waals surface area contributed by atoms with Crippen LogP contribution in [0.5, 0.6) is 0 Å². The van der Waals surface area contributed by atoms with Gasteiger partial charge in [0.1, 0.15) is 0 Å². The maximum atomic E-state index is 12.0. The molecule has 2 aliphatic heterocycles. The lowest BCUT2D eigenvalue weighted by molar-refractivity contribution is -0.123. The Morgan fingerprint density at radius 1 is 1.33 bits per heavy atom. The number of fused-ring (bicyclic) bond motifs is 1. The first-order valence-electron chi connectivity index (χ1n) is 8.18. The van der Waals surface area contributed by atoms with Gasteiger partial charge in [0.05, 0.1) is 6.04 Å². The van der Waals surface area contributed by atoms with E-state index in [0.717, 1.165) is 51.9 Å². The van der Waals surface area contributed by atoms with Crippen molar-refractivity contribution in [3.8, 4) is 0 Å². The van der Waals surface area contributed by atoms with Crippen LogP contribution in [0.1, 0.15) is 31.2 Å². The largest absolute Gasteiger partial charge is 0.371 e. The van der Waals surface area contributed by atoms with Crippen molar-refractivity contribution in [1.29, 1.82) is 0 Å². The van der Waals surface area contributed by atoms with Crippen LogP contribution in [-0.4, -0.2) is 38.1 Å². The van der Waals surface area contributed by atoms with Crippen LogP contribution < -0.4 is 15.5 Å². The van der Waals surface area contributed by atoms with Gasteiger partial charge >= 0.3 is 0 Å². The smallest absolute Gasteiger partial charge is 0.237 e. The molecule has 0 aliphatic carbocycles. The number of rotatable bonds is 5. The third kappa shape index (κ3) is 3.56. The molecule has 4 nitrogen and oxygen atoms in total. The molecule has 4 heteroatoms. The molecule has 2 heterocycles. The van der Waals surface area contributed by atoms with E-state index in [2.05, 4.69) is 39.8 Å². The Labute approximate surface area is 126 Å². The molecule has 2 N–H and O–H groups in total. The number of amides is 1. The Kier molecular flexibility index (Phi) is 4.76. The van der Waals surface area contributed by atoms with Gasteiger partial charge in [-0.2, -0.15) is 0 Å². The highest BCUT2D eigenvalue weighted by Crippen LogP contribution is 2.27. The third-order valence-corrected chi connectivity index (χ3v) is 4.51. The Bertz CT molecular complexity index is 483. The zero-order chi connectivity index (χ0) is 14.5. The molecule has 3 rings (SSSR count). The highest BCUT2D eigenvalue weighted by atomic mass is 16.2. The number of benzene rings is 1. The van der Waals surface area contributed by atoms with Crippen LogP contribution in [0.4, 0.5) is 5.69 Å². The van der Waals surface area contributed by atoms with Gasteiger partial charge in [0.25, 0.3) is 0 Å². The van der Waals surface area contributed by atoms with E-state index in [9.17, 15) is 4.79 Å². The topological polar surface area (TPSA) is 44.4 Å². The number of hydrogen-bond acceptors (Lipinski definition) is 3. The zero-order valence-electron chi connectivity index (χ0n) is 12.6. The molecule has 0 saturated carbocycles. The second kappa shape index (κ2) is 6.94. The summed E-state index contributed by atoms with van der Waals surface area (Å²) < 4.78 is 0. The van der Waals surface area contributed by atoms with Crippen LogP contribution in [-0.2, 0) is 11.2 Å². The van der Waals surface area contributed by atoms with Gasteiger partial charge in [-0.25, -0.2) is 0 Å². The second-order valence-corrected chi connectivity index (χ2v) is 6.01. The first-order valence-corrected chi connectivity index (χ1v) is 8.18. The minimum absolute atomic E-state index is 0.0336. The Morgan fingerprint density at radius 2 is 2.24 bits per heavy atom. The van der Waals surface area contributed by atoms with Crippen molar-refractivity contribution in [2.45, 2.75) is 38.1 Å². The molecule has 1 saturated heterocycles. The predicted octanol–water partition coefficient (Wildman–Crippen LogP) is 1.70. The molecule has 2 aliphatic rings. The Balaban J connectivity index is 1.38. The van der Waals surface area contributed by atoms with Crippen molar-refractivity contribution < 1.29 is 4.79 Å². The van der Waals surface area contributed by atoms with Gasteiger partial charge in [-0.3, -0.25) is 4.79 Å². The van der Waals surface area contributed by atoms with E-state index < -0.39 is 0 Å². The molecular weight excluding hydrogens is 262 g/mol. The van der Waals surface area contributed by atoms with Crippen LogP contribution in [0.2, 0.25) is 0 Å². The molecule has 1 amide bonds. The highest BCUT2D eigenvalue weighted by molar-refractivity contribution is 5.81. The van der Waals surface area contributed by atoms with E-state index in [1.807, 2.05) is 0 Å². The van der Waals surface area contributed by atoms with Crippen molar-refractivity contribution in [3.63, 3.8) is 0 Å². The molecule has 21 heavy (non-hydrogen) atoms. The normalized spacial score (nSPS) is 21.1. The fourth-order valence-electron chi connectivity index (χ4n) is 3.32. The van der Waals surface area contributed by atoms with Crippen LogP contribution in [0.25, 0.3) is 0 Å². The number of carbonyl (C=O) groups is 1. The van der Waals surface area contributed by atoms with Gasteiger partial charge in [0, 0.05) is 25.3 Å². The zero-order valence-corrected chi connectivity index (χ0v) is 12.6. The van der Waals surface area contributed by atoms with E-state index in [4.69, 9.17) is 0 Å². The van der Waals surface area contributed by atoms with Gasteiger partial charge in [-0.05, 0) is 43.9 Å². The highest BCUT2D eigenvalue weighted by Gasteiger charge is 2.20. The fraction of sp³-hybridized carbons (Fsp3) is 0.588. The van der Waals surface area contributed by atoms with E-state index in [-0.39, 0.29) is 11.9 Å². The number of piperidine rings is 1. The molecule has 0 radical (unpaired) electrons. The van der Waals surface area contributed by atoms with Crippen molar-refractivity contribution >= 4 is 11.6 Å². The van der Waals surface area contributed by atoms with Crippen molar-refractivity contribution in [2.75, 3.05) is 31.1 Å². The molecule has 0 bridgehead atoms. The summed E-state index contributed by atoms with van der Waals surface area (Å²) in [6.45, 7) is 3.88. The number of para-hydroxylation sites is 1. The minimum atomic E-state index is 0.0336. The number of carbonyl (C=O) groups excluding carboxylic acids is 1. The van der Waals surface area contributed by atoms with Gasteiger partial charge in [-0.1, -0.05) is 24.6 Å². The molecule has 1 aromatic rings. The van der Waals surface area contributed by atoms with Gasteiger partial charge in [-0.15, -0.1) is 0 Å². The first-order chi connectivity index (χ1) is 10.3. The van der Waals surface area contributed by atoms with E-state index in [0.29, 0.717) is 0 Å². The quantitative estimate of drug-likeness (QED) is 0.810. The van der Waals surface area contributed by atoms with Crippen LogP contribution in [0, 0.1) is 0 Å². The summed E-state index contributed by atoms with van der Waals surface area (Å²) >= 11 is 0. The maximum Gasteiger partial charge on any atom is 0.237 e. The van der Waals surface area contributed by atoms with Crippen molar-refractivity contribution in [2.24, 2.45) is 0 Å². The second-order valence-electron chi connectivity index (χ2n) is 6.01. The van der Waals surface area contributed by atoms with E-state index >= 15 is 0 Å². The fourth-order valence-corrected chi connectivity index (χ4v) is 3.32. The molecule has 1 fully saturated rings. The number of hydrogen-bond donors (Lipinski definition) is 2. The molecule has 0 spiro atoms. The van der Waals surface area contributed by atoms with Gasteiger partial charge in [0.2, 0.25) is 5.91 Å². The standard InChI is InChI=1S/C17H25N3O/c21-17(15-7-3-4-10-18-15)19-11-5-12-20-13-9-14-6-1-2-8-16(14)20/h1-2,6,8,15,18H,3-5,7,9-13H2,(H,19,21)/t15-/m0/s1. The Morgan fingerprint density at radius 3 is 3.10 bits per heavy atom. The first kappa shape index (κ1) is 14.4. The predicted molar refractivity (Wildman–Crippen MR) is 85.6 cm³/mol. The average Bonchev–Trinajstić information content (AvgIpc) is 2.95. The molecule has 1 aromatic carbocycles.